The lowest BCUT2D eigenvalue weighted by Gasteiger charge is -2.26. The van der Waals surface area contributed by atoms with Crippen molar-refractivity contribution >= 4 is 40.4 Å². The fourth-order valence-corrected chi connectivity index (χ4v) is 5.40. The van der Waals surface area contributed by atoms with Gasteiger partial charge in [-0.25, -0.2) is 18.5 Å². The number of primary sulfonamides is 1. The van der Waals surface area contributed by atoms with Gasteiger partial charge in [-0.3, -0.25) is 14.4 Å². The Morgan fingerprint density at radius 1 is 0.870 bits per heavy atom. The van der Waals surface area contributed by atoms with Crippen molar-refractivity contribution in [2.45, 2.75) is 47.7 Å². The standard InChI is InChI=1S/C31H35N7O6S2/c32-27(21-7-4-8-24(14-21)46(33,43)44)28(45)31(42)38-25(13-19-9-11-23(39)12-10-19)30(41)37-26(15-22-17-34-18-36-22)29(40)35-16-20-5-2-1-3-6-20/h1-12,14,17-18,25-28,39,45H,13,15-16,32H2,(H,34,36)(H,35,40)(H,37,41)(H,38,42)(H2,33,43,44)/t25?,26?,27-,28+/m0/s1. The Bertz CT molecular complexity index is 1740. The molecule has 2 unspecified atom stereocenters. The molecular formula is C31H35N7O6S2. The predicted molar refractivity (Wildman–Crippen MR) is 174 cm³/mol. The van der Waals surface area contributed by atoms with Gasteiger partial charge in [-0.2, -0.15) is 12.6 Å². The van der Waals surface area contributed by atoms with E-state index >= 15 is 0 Å². The first-order valence-corrected chi connectivity index (χ1v) is 16.2. The van der Waals surface area contributed by atoms with Gasteiger partial charge < -0.3 is 31.8 Å². The number of aromatic hydroxyl groups is 1. The summed E-state index contributed by atoms with van der Waals surface area (Å²) in [5.41, 5.74) is 8.65. The van der Waals surface area contributed by atoms with Crippen LogP contribution in [0.4, 0.5) is 0 Å². The summed E-state index contributed by atoms with van der Waals surface area (Å²) in [7, 11) is -4.02. The van der Waals surface area contributed by atoms with Crippen molar-refractivity contribution in [2.24, 2.45) is 10.9 Å². The first kappa shape index (κ1) is 34.2. The van der Waals surface area contributed by atoms with E-state index in [4.69, 9.17) is 10.9 Å². The average Bonchev–Trinajstić information content (AvgIpc) is 3.56. The summed E-state index contributed by atoms with van der Waals surface area (Å²) in [5.74, 6) is -1.81. The molecule has 1 heterocycles. The van der Waals surface area contributed by atoms with Gasteiger partial charge >= 0.3 is 0 Å². The molecule has 9 N–H and O–H groups in total. The van der Waals surface area contributed by atoms with E-state index in [-0.39, 0.29) is 35.6 Å². The minimum Gasteiger partial charge on any atom is -0.508 e. The third kappa shape index (κ3) is 9.65. The van der Waals surface area contributed by atoms with Gasteiger partial charge in [-0.1, -0.05) is 54.6 Å². The number of thiol groups is 1. The van der Waals surface area contributed by atoms with E-state index in [1.807, 2.05) is 30.3 Å². The van der Waals surface area contributed by atoms with Gasteiger partial charge in [-0.05, 0) is 41.0 Å². The monoisotopic (exact) mass is 665 g/mol. The molecule has 0 bridgehead atoms. The molecule has 3 aromatic carbocycles. The van der Waals surface area contributed by atoms with Crippen molar-refractivity contribution in [1.82, 2.24) is 25.9 Å². The molecule has 0 spiro atoms. The van der Waals surface area contributed by atoms with Gasteiger partial charge in [0.1, 0.15) is 17.8 Å². The van der Waals surface area contributed by atoms with E-state index in [2.05, 4.69) is 38.5 Å². The van der Waals surface area contributed by atoms with Gasteiger partial charge in [-0.15, -0.1) is 0 Å². The number of hydrogen-bond acceptors (Lipinski definition) is 9. The summed E-state index contributed by atoms with van der Waals surface area (Å²) >= 11 is 4.39. The van der Waals surface area contributed by atoms with Crippen LogP contribution in [-0.2, 0) is 43.8 Å². The SMILES string of the molecule is N[C@@H](c1cccc(S(N)(=O)=O)c1)[C@@H](S)C(=O)NC(Cc1ccc(O)cc1)C(=O)NC(Cc1cnc[nH]1)C(=O)NCc1ccccc1. The maximum Gasteiger partial charge on any atom is 0.243 e. The summed E-state index contributed by atoms with van der Waals surface area (Å²) in [6.45, 7) is 0.231. The Balaban J connectivity index is 1.54. The first-order valence-electron chi connectivity index (χ1n) is 14.1. The zero-order chi connectivity index (χ0) is 33.3. The number of H-pyrrole nitrogens is 1. The molecule has 1 aromatic heterocycles. The number of carbonyl (C=O) groups excluding carboxylic acids is 3. The Hall–Kier alpha value is -4.70. The molecule has 0 radical (unpaired) electrons. The second-order valence-electron chi connectivity index (χ2n) is 10.6. The highest BCUT2D eigenvalue weighted by Crippen LogP contribution is 2.22. The molecule has 46 heavy (non-hydrogen) atoms. The van der Waals surface area contributed by atoms with Gasteiger partial charge in [0.15, 0.2) is 0 Å². The Morgan fingerprint density at radius 2 is 1.54 bits per heavy atom. The number of aromatic nitrogens is 2. The number of aromatic amines is 1. The highest BCUT2D eigenvalue weighted by Gasteiger charge is 2.31. The number of sulfonamides is 1. The highest BCUT2D eigenvalue weighted by molar-refractivity contribution is 7.89. The molecule has 4 aromatic rings. The number of carbonyl (C=O) groups is 3. The van der Waals surface area contributed by atoms with Crippen LogP contribution in [0.5, 0.6) is 5.75 Å². The number of nitrogens with two attached hydrogens (primary N) is 2. The first-order chi connectivity index (χ1) is 21.9. The zero-order valence-electron chi connectivity index (χ0n) is 24.5. The molecule has 0 fully saturated rings. The minimum atomic E-state index is -4.02. The lowest BCUT2D eigenvalue weighted by atomic mass is 10.0. The molecule has 4 rings (SSSR count). The van der Waals surface area contributed by atoms with Crippen molar-refractivity contribution in [3.63, 3.8) is 0 Å². The molecule has 242 valence electrons. The van der Waals surface area contributed by atoms with E-state index in [1.54, 1.807) is 12.1 Å². The predicted octanol–water partition coefficient (Wildman–Crippen LogP) is 0.832. The molecular weight excluding hydrogens is 631 g/mol. The number of imidazole rings is 1. The quantitative estimate of drug-likeness (QED) is 0.0899. The lowest BCUT2D eigenvalue weighted by molar-refractivity contribution is -0.132. The van der Waals surface area contributed by atoms with Gasteiger partial charge in [0, 0.05) is 31.3 Å². The van der Waals surface area contributed by atoms with Crippen LogP contribution in [0.3, 0.4) is 0 Å². The van der Waals surface area contributed by atoms with Crippen LogP contribution in [-0.4, -0.2) is 58.5 Å². The van der Waals surface area contributed by atoms with E-state index in [9.17, 15) is 27.9 Å². The Morgan fingerprint density at radius 3 is 2.20 bits per heavy atom. The molecule has 0 aliphatic rings. The summed E-state index contributed by atoms with van der Waals surface area (Å²) < 4.78 is 23.6. The summed E-state index contributed by atoms with van der Waals surface area (Å²) in [5, 5.41) is 22.0. The second kappa shape index (κ2) is 15.5. The van der Waals surface area contributed by atoms with Crippen molar-refractivity contribution in [2.75, 3.05) is 0 Å². The van der Waals surface area contributed by atoms with Crippen molar-refractivity contribution in [3.05, 3.63) is 114 Å². The molecule has 0 aliphatic heterocycles. The molecule has 0 aliphatic carbocycles. The number of nitrogens with one attached hydrogen (secondary N) is 4. The van der Waals surface area contributed by atoms with E-state index < -0.39 is 51.1 Å². The van der Waals surface area contributed by atoms with Crippen LogP contribution in [0.15, 0.2) is 96.3 Å². The number of nitrogens with zero attached hydrogens (tertiary/aromatic N) is 1. The third-order valence-corrected chi connectivity index (χ3v) is 8.58. The molecule has 4 atom stereocenters. The van der Waals surface area contributed by atoms with Crippen molar-refractivity contribution in [1.29, 1.82) is 0 Å². The Kier molecular flexibility index (Phi) is 11.5. The van der Waals surface area contributed by atoms with Crippen LogP contribution in [0, 0.1) is 0 Å². The molecule has 3 amide bonds. The van der Waals surface area contributed by atoms with Gasteiger partial charge in [0.05, 0.1) is 22.5 Å². The maximum atomic E-state index is 13.8. The number of benzene rings is 3. The smallest absolute Gasteiger partial charge is 0.243 e. The second-order valence-corrected chi connectivity index (χ2v) is 12.7. The van der Waals surface area contributed by atoms with Crippen LogP contribution >= 0.6 is 12.6 Å². The van der Waals surface area contributed by atoms with Crippen molar-refractivity contribution < 1.29 is 27.9 Å². The number of phenols is 1. The average molecular weight is 666 g/mol. The fraction of sp³-hybridized carbons (Fsp3) is 0.226. The Labute approximate surface area is 271 Å². The van der Waals surface area contributed by atoms with E-state index in [1.165, 1.54) is 48.9 Å². The minimum absolute atomic E-state index is 0.00307. The normalized spacial score (nSPS) is 14.0. The van der Waals surface area contributed by atoms with Gasteiger partial charge in [0.2, 0.25) is 27.7 Å². The van der Waals surface area contributed by atoms with Gasteiger partial charge in [0.25, 0.3) is 0 Å². The van der Waals surface area contributed by atoms with Crippen LogP contribution in [0.2, 0.25) is 0 Å². The summed E-state index contributed by atoms with van der Waals surface area (Å²) in [6.07, 6.45) is 3.08. The maximum absolute atomic E-state index is 13.8. The number of rotatable bonds is 14. The zero-order valence-corrected chi connectivity index (χ0v) is 26.2. The number of hydrogen-bond donors (Lipinski definition) is 8. The molecule has 15 heteroatoms. The lowest BCUT2D eigenvalue weighted by Crippen LogP contribution is -2.56. The van der Waals surface area contributed by atoms with Crippen molar-refractivity contribution in [3.8, 4) is 5.75 Å². The third-order valence-electron chi connectivity index (χ3n) is 7.11. The largest absolute Gasteiger partial charge is 0.508 e. The molecule has 13 nitrogen and oxygen atoms in total. The van der Waals surface area contributed by atoms with Crippen LogP contribution in [0.25, 0.3) is 0 Å². The fourth-order valence-electron chi connectivity index (χ4n) is 4.58. The van der Waals surface area contributed by atoms with Crippen LogP contribution < -0.4 is 26.8 Å². The number of amides is 3. The summed E-state index contributed by atoms with van der Waals surface area (Å²) in [6, 6.07) is 17.6. The van der Waals surface area contributed by atoms with E-state index in [0.717, 1.165) is 5.56 Å². The summed E-state index contributed by atoms with van der Waals surface area (Å²) in [4.78, 5) is 47.2. The molecule has 0 saturated heterocycles. The van der Waals surface area contributed by atoms with E-state index in [0.29, 0.717) is 11.3 Å². The highest BCUT2D eigenvalue weighted by atomic mass is 32.2. The molecule has 0 saturated carbocycles. The topological polar surface area (TPSA) is 222 Å². The van der Waals surface area contributed by atoms with Crippen LogP contribution in [0.1, 0.15) is 28.4 Å². The number of phenolic OH excluding ortho intramolecular Hbond substituents is 1.